The van der Waals surface area contributed by atoms with Crippen molar-refractivity contribution in [3.05, 3.63) is 53.6 Å². The molecule has 1 aliphatic rings. The Labute approximate surface area is 184 Å². The molecule has 3 rings (SSSR count). The van der Waals surface area contributed by atoms with Crippen LogP contribution in [-0.4, -0.2) is 38.0 Å². The highest BCUT2D eigenvalue weighted by Gasteiger charge is 2.18. The van der Waals surface area contributed by atoms with Crippen LogP contribution in [0.15, 0.2) is 42.5 Å². The molecule has 0 radical (unpaired) electrons. The van der Waals surface area contributed by atoms with Gasteiger partial charge < -0.3 is 14.2 Å². The second-order valence-corrected chi connectivity index (χ2v) is 7.74. The molecule has 0 aliphatic heterocycles. The molecule has 31 heavy (non-hydrogen) atoms. The number of benzene rings is 2. The van der Waals surface area contributed by atoms with Crippen molar-refractivity contribution >= 4 is 11.8 Å². The molecular formula is C24H33N3O4. The minimum absolute atomic E-state index is 0.293. The summed E-state index contributed by atoms with van der Waals surface area (Å²) >= 11 is 0. The van der Waals surface area contributed by atoms with Crippen molar-refractivity contribution in [1.82, 2.24) is 10.4 Å². The van der Waals surface area contributed by atoms with Crippen molar-refractivity contribution in [3.63, 3.8) is 0 Å². The zero-order chi connectivity index (χ0) is 22.1. The standard InChI is InChI=1S/C24H33N3O4/c1-4-30-24(28)26-20-12-9-18(10-13-20)17-27(2)25-16-19-11-14-22(29-3)23(15-19)31-21-7-5-6-8-21/h9-15,21,25H,4-8,16-17H2,1-3H3,(H,26,28). The Morgan fingerprint density at radius 1 is 1.06 bits per heavy atom. The Balaban J connectivity index is 1.50. The van der Waals surface area contributed by atoms with Gasteiger partial charge in [-0.05, 0) is 68.0 Å². The van der Waals surface area contributed by atoms with Gasteiger partial charge in [-0.3, -0.25) is 10.7 Å². The van der Waals surface area contributed by atoms with E-state index in [4.69, 9.17) is 14.2 Å². The summed E-state index contributed by atoms with van der Waals surface area (Å²) in [4.78, 5) is 11.5. The smallest absolute Gasteiger partial charge is 0.411 e. The van der Waals surface area contributed by atoms with Crippen molar-refractivity contribution in [2.24, 2.45) is 0 Å². The lowest BCUT2D eigenvalue weighted by atomic mass is 10.2. The number of nitrogens with zero attached hydrogens (tertiary/aromatic N) is 1. The summed E-state index contributed by atoms with van der Waals surface area (Å²) < 4.78 is 16.6. The molecule has 2 N–H and O–H groups in total. The number of nitrogens with one attached hydrogen (secondary N) is 2. The molecule has 0 spiro atoms. The first-order valence-electron chi connectivity index (χ1n) is 10.9. The van der Waals surface area contributed by atoms with Crippen LogP contribution in [0.25, 0.3) is 0 Å². The van der Waals surface area contributed by atoms with E-state index in [0.717, 1.165) is 42.0 Å². The molecule has 1 fully saturated rings. The lowest BCUT2D eigenvalue weighted by Gasteiger charge is -2.20. The highest BCUT2D eigenvalue weighted by molar-refractivity contribution is 5.84. The second-order valence-electron chi connectivity index (χ2n) is 7.74. The first-order valence-corrected chi connectivity index (χ1v) is 10.9. The normalized spacial score (nSPS) is 13.9. The van der Waals surface area contributed by atoms with Crippen molar-refractivity contribution in [2.75, 3.05) is 26.1 Å². The molecule has 2 aromatic rings. The molecule has 0 aromatic heterocycles. The summed E-state index contributed by atoms with van der Waals surface area (Å²) in [6.07, 6.45) is 4.55. The van der Waals surface area contributed by atoms with Crippen LogP contribution in [0.4, 0.5) is 10.5 Å². The SMILES string of the molecule is CCOC(=O)Nc1ccc(CN(C)NCc2ccc(OC)c(OC3CCCC3)c2)cc1. The van der Waals surface area contributed by atoms with Gasteiger partial charge in [0.1, 0.15) is 0 Å². The molecule has 0 atom stereocenters. The van der Waals surface area contributed by atoms with Crippen LogP contribution in [0.1, 0.15) is 43.7 Å². The quantitative estimate of drug-likeness (QED) is 0.535. The molecule has 2 aromatic carbocycles. The van der Waals surface area contributed by atoms with E-state index in [1.54, 1.807) is 14.0 Å². The van der Waals surface area contributed by atoms with E-state index in [-0.39, 0.29) is 0 Å². The van der Waals surface area contributed by atoms with Gasteiger partial charge in [0.25, 0.3) is 0 Å². The van der Waals surface area contributed by atoms with Gasteiger partial charge >= 0.3 is 6.09 Å². The van der Waals surface area contributed by atoms with Crippen LogP contribution in [0.3, 0.4) is 0 Å². The fourth-order valence-corrected chi connectivity index (χ4v) is 3.64. The van der Waals surface area contributed by atoms with Gasteiger partial charge in [-0.2, -0.15) is 0 Å². The Kier molecular flexibility index (Phi) is 8.55. The van der Waals surface area contributed by atoms with Gasteiger partial charge in [-0.25, -0.2) is 9.80 Å². The third kappa shape index (κ3) is 7.15. The number of carbonyl (C=O) groups is 1. The highest BCUT2D eigenvalue weighted by atomic mass is 16.5. The summed E-state index contributed by atoms with van der Waals surface area (Å²) in [7, 11) is 3.68. The minimum Gasteiger partial charge on any atom is -0.493 e. The second kappa shape index (κ2) is 11.6. The number of hydrogen-bond acceptors (Lipinski definition) is 6. The molecule has 168 valence electrons. The van der Waals surface area contributed by atoms with E-state index < -0.39 is 6.09 Å². The van der Waals surface area contributed by atoms with Crippen LogP contribution < -0.4 is 20.2 Å². The maximum absolute atomic E-state index is 11.5. The molecule has 1 saturated carbocycles. The Morgan fingerprint density at radius 2 is 1.77 bits per heavy atom. The molecule has 1 aliphatic carbocycles. The van der Waals surface area contributed by atoms with Crippen molar-refractivity contribution < 1.29 is 19.0 Å². The van der Waals surface area contributed by atoms with Crippen LogP contribution in [0.2, 0.25) is 0 Å². The Morgan fingerprint density at radius 3 is 2.45 bits per heavy atom. The molecule has 1 amide bonds. The lowest BCUT2D eigenvalue weighted by molar-refractivity contribution is 0.168. The maximum Gasteiger partial charge on any atom is 0.411 e. The van der Waals surface area contributed by atoms with Crippen molar-refractivity contribution in [2.45, 2.75) is 51.8 Å². The topological polar surface area (TPSA) is 72.1 Å². The molecular weight excluding hydrogens is 394 g/mol. The molecule has 0 unspecified atom stereocenters. The predicted molar refractivity (Wildman–Crippen MR) is 121 cm³/mol. The van der Waals surface area contributed by atoms with E-state index in [1.165, 1.54) is 12.8 Å². The molecule has 0 saturated heterocycles. The monoisotopic (exact) mass is 427 g/mol. The largest absolute Gasteiger partial charge is 0.493 e. The van der Waals surface area contributed by atoms with Gasteiger partial charge in [-0.1, -0.05) is 18.2 Å². The Bertz CT molecular complexity index is 835. The van der Waals surface area contributed by atoms with Crippen LogP contribution in [0, 0.1) is 0 Å². The van der Waals surface area contributed by atoms with Gasteiger partial charge in [0.05, 0.1) is 19.8 Å². The summed E-state index contributed by atoms with van der Waals surface area (Å²) in [6.45, 7) is 3.54. The summed E-state index contributed by atoms with van der Waals surface area (Å²) in [5.41, 5.74) is 6.39. The number of methoxy groups -OCH3 is 1. The summed E-state index contributed by atoms with van der Waals surface area (Å²) in [5, 5.41) is 4.74. The number of anilines is 1. The first-order chi connectivity index (χ1) is 15.1. The summed E-state index contributed by atoms with van der Waals surface area (Å²) in [5.74, 6) is 1.60. The minimum atomic E-state index is -0.440. The number of amides is 1. The van der Waals surface area contributed by atoms with E-state index in [0.29, 0.717) is 24.9 Å². The van der Waals surface area contributed by atoms with Crippen molar-refractivity contribution in [3.8, 4) is 11.5 Å². The number of rotatable bonds is 10. The van der Waals surface area contributed by atoms with Crippen molar-refractivity contribution in [1.29, 1.82) is 0 Å². The van der Waals surface area contributed by atoms with Gasteiger partial charge in [0.2, 0.25) is 0 Å². The fourth-order valence-electron chi connectivity index (χ4n) is 3.64. The predicted octanol–water partition coefficient (Wildman–Crippen LogP) is 4.72. The molecule has 0 bridgehead atoms. The van der Waals surface area contributed by atoms with E-state index in [1.807, 2.05) is 42.4 Å². The van der Waals surface area contributed by atoms with Crippen LogP contribution in [-0.2, 0) is 17.8 Å². The third-order valence-electron chi connectivity index (χ3n) is 5.27. The van der Waals surface area contributed by atoms with Gasteiger partial charge in [0, 0.05) is 25.8 Å². The van der Waals surface area contributed by atoms with Gasteiger partial charge in [-0.15, -0.1) is 0 Å². The van der Waals surface area contributed by atoms with Crippen LogP contribution in [0.5, 0.6) is 11.5 Å². The number of hydrogen-bond donors (Lipinski definition) is 2. The van der Waals surface area contributed by atoms with E-state index in [2.05, 4.69) is 22.9 Å². The number of carbonyl (C=O) groups excluding carboxylic acids is 1. The molecule has 7 heteroatoms. The number of ether oxygens (including phenoxy) is 3. The molecule has 7 nitrogen and oxygen atoms in total. The first kappa shape index (κ1) is 22.9. The maximum atomic E-state index is 11.5. The zero-order valence-electron chi connectivity index (χ0n) is 18.6. The fraction of sp³-hybridized carbons (Fsp3) is 0.458. The Hall–Kier alpha value is -2.77. The third-order valence-corrected chi connectivity index (χ3v) is 5.27. The summed E-state index contributed by atoms with van der Waals surface area (Å²) in [6, 6.07) is 13.8. The molecule has 0 heterocycles. The van der Waals surface area contributed by atoms with E-state index in [9.17, 15) is 4.79 Å². The van der Waals surface area contributed by atoms with Crippen LogP contribution >= 0.6 is 0 Å². The average molecular weight is 428 g/mol. The highest BCUT2D eigenvalue weighted by Crippen LogP contribution is 2.32. The zero-order valence-corrected chi connectivity index (χ0v) is 18.6. The van der Waals surface area contributed by atoms with Gasteiger partial charge in [0.15, 0.2) is 11.5 Å². The average Bonchev–Trinajstić information content (AvgIpc) is 3.27. The number of hydrazine groups is 1. The lowest BCUT2D eigenvalue weighted by Crippen LogP contribution is -2.33. The van der Waals surface area contributed by atoms with E-state index >= 15 is 0 Å².